The first-order chi connectivity index (χ1) is 9.40. The molecular weight excluding hydrogens is 284 g/mol. The molecule has 6 nitrogen and oxygen atoms in total. The fraction of sp³-hybridized carbons (Fsp3) is 0.462. The van der Waals surface area contributed by atoms with Crippen molar-refractivity contribution in [1.29, 1.82) is 0 Å². The van der Waals surface area contributed by atoms with Crippen LogP contribution >= 0.6 is 11.6 Å². The van der Waals surface area contributed by atoms with Crippen LogP contribution < -0.4 is 0 Å². The number of methoxy groups -OCH3 is 1. The van der Waals surface area contributed by atoms with Crippen LogP contribution in [0.3, 0.4) is 0 Å². The summed E-state index contributed by atoms with van der Waals surface area (Å²) in [6, 6.07) is 4.23. The molecule has 0 bridgehead atoms. The number of nitro groups is 1. The van der Waals surface area contributed by atoms with Crippen LogP contribution in [0.4, 0.5) is 5.69 Å². The van der Waals surface area contributed by atoms with Gasteiger partial charge in [0.2, 0.25) is 0 Å². The molecular formula is C13H17ClN2O4. The lowest BCUT2D eigenvalue weighted by atomic mass is 10.1. The molecule has 0 radical (unpaired) electrons. The number of nitrogens with zero attached hydrogens (tertiary/aromatic N) is 2. The Labute approximate surface area is 122 Å². The van der Waals surface area contributed by atoms with Crippen molar-refractivity contribution < 1.29 is 14.5 Å². The predicted octanol–water partition coefficient (Wildman–Crippen LogP) is 2.75. The summed E-state index contributed by atoms with van der Waals surface area (Å²) in [5.74, 6) is -0.425. The molecule has 0 saturated heterocycles. The maximum absolute atomic E-state index is 12.5. The summed E-state index contributed by atoms with van der Waals surface area (Å²) in [6.45, 7) is 4.39. The van der Waals surface area contributed by atoms with Gasteiger partial charge in [-0.15, -0.1) is 0 Å². The number of nitro benzene ring substituents is 1. The van der Waals surface area contributed by atoms with Crippen LogP contribution in [-0.4, -0.2) is 42.0 Å². The van der Waals surface area contributed by atoms with Crippen molar-refractivity contribution in [1.82, 2.24) is 4.90 Å². The molecule has 20 heavy (non-hydrogen) atoms. The van der Waals surface area contributed by atoms with Crippen LogP contribution in [0.2, 0.25) is 5.02 Å². The number of ether oxygens (including phenoxy) is 1. The molecule has 7 heteroatoms. The van der Waals surface area contributed by atoms with Gasteiger partial charge in [0, 0.05) is 19.7 Å². The second kappa shape index (κ2) is 7.21. The topological polar surface area (TPSA) is 72.7 Å². The molecule has 0 aliphatic heterocycles. The Morgan fingerprint density at radius 1 is 1.50 bits per heavy atom. The lowest BCUT2D eigenvalue weighted by molar-refractivity contribution is -0.385. The number of carbonyl (C=O) groups is 1. The average Bonchev–Trinajstić information content (AvgIpc) is 2.37. The Hall–Kier alpha value is -1.66. The number of benzene rings is 1. The average molecular weight is 301 g/mol. The number of halogens is 1. The number of hydrogen-bond donors (Lipinski definition) is 0. The maximum atomic E-state index is 12.5. The normalized spacial score (nSPS) is 10.7. The van der Waals surface area contributed by atoms with Crippen molar-refractivity contribution in [3.8, 4) is 0 Å². The third-order valence-corrected chi connectivity index (χ3v) is 3.13. The van der Waals surface area contributed by atoms with Crippen LogP contribution in [-0.2, 0) is 4.74 Å². The molecule has 0 aliphatic carbocycles. The van der Waals surface area contributed by atoms with E-state index in [2.05, 4.69) is 0 Å². The van der Waals surface area contributed by atoms with Gasteiger partial charge in [0.05, 0.1) is 11.5 Å². The van der Waals surface area contributed by atoms with E-state index in [0.29, 0.717) is 13.2 Å². The van der Waals surface area contributed by atoms with Gasteiger partial charge in [0.15, 0.2) is 0 Å². The summed E-state index contributed by atoms with van der Waals surface area (Å²) in [7, 11) is 1.53. The zero-order valence-corrected chi connectivity index (χ0v) is 12.4. The fourth-order valence-electron chi connectivity index (χ4n) is 1.81. The quantitative estimate of drug-likeness (QED) is 0.598. The van der Waals surface area contributed by atoms with Gasteiger partial charge in [-0.3, -0.25) is 14.9 Å². The molecule has 0 aliphatic rings. The third-order valence-electron chi connectivity index (χ3n) is 2.82. The molecule has 0 unspecified atom stereocenters. The molecule has 110 valence electrons. The first-order valence-electron chi connectivity index (χ1n) is 6.13. The first kappa shape index (κ1) is 16.4. The standard InChI is InChI=1S/C13H17ClN2O4/c1-9(2)15(7-8-20-3)13(17)10-5-4-6-11(14)12(10)16(18)19/h4-6,9H,7-8H2,1-3H3. The van der Waals surface area contributed by atoms with E-state index >= 15 is 0 Å². The van der Waals surface area contributed by atoms with Gasteiger partial charge in [-0.2, -0.15) is 0 Å². The molecule has 0 fully saturated rings. The second-order valence-electron chi connectivity index (χ2n) is 4.48. The maximum Gasteiger partial charge on any atom is 0.300 e. The van der Waals surface area contributed by atoms with Gasteiger partial charge in [0.25, 0.3) is 5.91 Å². The summed E-state index contributed by atoms with van der Waals surface area (Å²) in [5.41, 5.74) is -0.366. The van der Waals surface area contributed by atoms with Crippen molar-refractivity contribution in [3.63, 3.8) is 0 Å². The minimum Gasteiger partial charge on any atom is -0.383 e. The van der Waals surface area contributed by atoms with Gasteiger partial charge < -0.3 is 9.64 Å². The van der Waals surface area contributed by atoms with Gasteiger partial charge in [-0.25, -0.2) is 0 Å². The lowest BCUT2D eigenvalue weighted by Crippen LogP contribution is -2.39. The molecule has 0 saturated carbocycles. The van der Waals surface area contributed by atoms with E-state index < -0.39 is 10.8 Å². The van der Waals surface area contributed by atoms with Crippen LogP contribution in [0, 0.1) is 10.1 Å². The summed E-state index contributed by atoms with van der Waals surface area (Å²) in [5, 5.41) is 11.0. The van der Waals surface area contributed by atoms with E-state index in [1.54, 1.807) is 0 Å². The zero-order chi connectivity index (χ0) is 15.3. The predicted molar refractivity (Wildman–Crippen MR) is 76.2 cm³/mol. The molecule has 0 atom stereocenters. The lowest BCUT2D eigenvalue weighted by Gasteiger charge is -2.26. The van der Waals surface area contributed by atoms with Gasteiger partial charge in [0.1, 0.15) is 10.6 Å². The van der Waals surface area contributed by atoms with Crippen LogP contribution in [0.1, 0.15) is 24.2 Å². The molecule has 0 spiro atoms. The molecule has 1 rings (SSSR count). The summed E-state index contributed by atoms with van der Waals surface area (Å²) in [4.78, 5) is 24.4. The second-order valence-corrected chi connectivity index (χ2v) is 4.89. The molecule has 1 aromatic carbocycles. The molecule has 0 heterocycles. The van der Waals surface area contributed by atoms with Crippen molar-refractivity contribution in [2.24, 2.45) is 0 Å². The Kier molecular flexibility index (Phi) is 5.91. The van der Waals surface area contributed by atoms with Crippen molar-refractivity contribution in [2.45, 2.75) is 19.9 Å². The van der Waals surface area contributed by atoms with Gasteiger partial charge >= 0.3 is 5.69 Å². The Balaban J connectivity index is 3.18. The summed E-state index contributed by atoms with van der Waals surface area (Å²) in [6.07, 6.45) is 0. The Morgan fingerprint density at radius 3 is 2.65 bits per heavy atom. The smallest absolute Gasteiger partial charge is 0.300 e. The SMILES string of the molecule is COCCN(C(=O)c1cccc(Cl)c1[N+](=O)[O-])C(C)C. The zero-order valence-electron chi connectivity index (χ0n) is 11.6. The summed E-state index contributed by atoms with van der Waals surface area (Å²) >= 11 is 5.82. The van der Waals surface area contributed by atoms with E-state index in [1.807, 2.05) is 13.8 Å². The third kappa shape index (κ3) is 3.68. The van der Waals surface area contributed by atoms with E-state index in [4.69, 9.17) is 16.3 Å². The number of carbonyl (C=O) groups excluding carboxylic acids is 1. The van der Waals surface area contributed by atoms with Gasteiger partial charge in [-0.1, -0.05) is 17.7 Å². The number of rotatable bonds is 6. The van der Waals surface area contributed by atoms with Crippen molar-refractivity contribution >= 4 is 23.2 Å². The first-order valence-corrected chi connectivity index (χ1v) is 6.50. The monoisotopic (exact) mass is 300 g/mol. The van der Waals surface area contributed by atoms with E-state index in [-0.39, 0.29) is 22.3 Å². The van der Waals surface area contributed by atoms with E-state index in [1.165, 1.54) is 30.2 Å². The number of para-hydroxylation sites is 1. The minimum absolute atomic E-state index is 0.00713. The number of amides is 1. The highest BCUT2D eigenvalue weighted by Gasteiger charge is 2.28. The number of hydrogen-bond acceptors (Lipinski definition) is 4. The Bertz CT molecular complexity index is 505. The van der Waals surface area contributed by atoms with Crippen LogP contribution in [0.25, 0.3) is 0 Å². The summed E-state index contributed by atoms with van der Waals surface area (Å²) < 4.78 is 4.96. The van der Waals surface area contributed by atoms with Crippen molar-refractivity contribution in [2.75, 3.05) is 20.3 Å². The largest absolute Gasteiger partial charge is 0.383 e. The van der Waals surface area contributed by atoms with E-state index in [9.17, 15) is 14.9 Å². The fourth-order valence-corrected chi connectivity index (χ4v) is 2.06. The van der Waals surface area contributed by atoms with E-state index in [0.717, 1.165) is 0 Å². The Morgan fingerprint density at radius 2 is 2.15 bits per heavy atom. The molecule has 0 aromatic heterocycles. The molecule has 1 aromatic rings. The highest BCUT2D eigenvalue weighted by molar-refractivity contribution is 6.33. The minimum atomic E-state index is -0.635. The molecule has 0 N–H and O–H groups in total. The van der Waals surface area contributed by atoms with Gasteiger partial charge in [-0.05, 0) is 26.0 Å². The van der Waals surface area contributed by atoms with Crippen LogP contribution in [0.5, 0.6) is 0 Å². The highest BCUT2D eigenvalue weighted by atomic mass is 35.5. The van der Waals surface area contributed by atoms with Crippen molar-refractivity contribution in [3.05, 3.63) is 38.9 Å². The molecule has 1 amide bonds. The highest BCUT2D eigenvalue weighted by Crippen LogP contribution is 2.29. The van der Waals surface area contributed by atoms with Crippen LogP contribution in [0.15, 0.2) is 18.2 Å².